The van der Waals surface area contributed by atoms with Gasteiger partial charge in [-0.2, -0.15) is 0 Å². The van der Waals surface area contributed by atoms with Crippen molar-refractivity contribution in [3.63, 3.8) is 0 Å². The average Bonchev–Trinajstić information content (AvgIpc) is 3.46. The highest BCUT2D eigenvalue weighted by atomic mass is 15.2. The number of para-hydroxylation sites is 1. The van der Waals surface area contributed by atoms with Crippen LogP contribution in [-0.4, -0.2) is 4.98 Å². The van der Waals surface area contributed by atoms with Crippen LogP contribution in [0.1, 0.15) is 44.6 Å². The minimum Gasteiger partial charge on any atom is -0.308 e. The van der Waals surface area contributed by atoms with Crippen molar-refractivity contribution in [2.45, 2.75) is 25.7 Å². The number of fused-ring (bicyclic) bond motifs is 12. The van der Waals surface area contributed by atoms with Crippen LogP contribution < -0.4 is 4.90 Å². The zero-order valence-corrected chi connectivity index (χ0v) is 19.3. The van der Waals surface area contributed by atoms with Gasteiger partial charge < -0.3 is 4.90 Å². The Balaban J connectivity index is 1.36. The Morgan fingerprint density at radius 3 is 2.20 bits per heavy atom. The van der Waals surface area contributed by atoms with Crippen molar-refractivity contribution < 1.29 is 0 Å². The van der Waals surface area contributed by atoms with Crippen molar-refractivity contribution in [3.8, 4) is 22.3 Å². The normalized spacial score (nSPS) is 14.9. The molecule has 0 atom stereocenters. The highest BCUT2D eigenvalue weighted by molar-refractivity contribution is 6.00. The van der Waals surface area contributed by atoms with E-state index < -0.39 is 0 Å². The van der Waals surface area contributed by atoms with Gasteiger partial charge in [-0.15, -0.1) is 0 Å². The minimum atomic E-state index is 0.906. The van der Waals surface area contributed by atoms with Crippen LogP contribution in [0.2, 0.25) is 0 Å². The van der Waals surface area contributed by atoms with Crippen LogP contribution in [0.5, 0.6) is 0 Å². The number of hydrogen-bond donors (Lipinski definition) is 0. The van der Waals surface area contributed by atoms with Crippen LogP contribution in [0.25, 0.3) is 22.3 Å². The van der Waals surface area contributed by atoms with E-state index in [1.807, 2.05) is 6.20 Å². The van der Waals surface area contributed by atoms with Crippen molar-refractivity contribution in [2.75, 3.05) is 4.90 Å². The van der Waals surface area contributed by atoms with E-state index >= 15 is 0 Å². The van der Waals surface area contributed by atoms with Gasteiger partial charge in [0.05, 0.1) is 17.1 Å². The quantitative estimate of drug-likeness (QED) is 0.240. The molecule has 2 aliphatic carbocycles. The van der Waals surface area contributed by atoms with Gasteiger partial charge in [-0.3, -0.25) is 4.98 Å². The molecule has 1 aromatic heterocycles. The smallest absolute Gasteiger partial charge is 0.0716 e. The first-order chi connectivity index (χ1) is 17.3. The van der Waals surface area contributed by atoms with Gasteiger partial charge >= 0.3 is 0 Å². The summed E-state index contributed by atoms with van der Waals surface area (Å²) in [6.45, 7) is 0. The number of anilines is 3. The molecular formula is C33H22N2. The number of rotatable bonds is 0. The number of nitrogens with zero attached hydrogens (tertiary/aromatic N) is 2. The summed E-state index contributed by atoms with van der Waals surface area (Å²) < 4.78 is 0. The Labute approximate surface area is 204 Å². The van der Waals surface area contributed by atoms with E-state index in [-0.39, 0.29) is 0 Å². The first kappa shape index (κ1) is 18.2. The summed E-state index contributed by atoms with van der Waals surface area (Å²) >= 11 is 0. The second kappa shape index (κ2) is 6.28. The number of pyridine rings is 1. The summed E-state index contributed by atoms with van der Waals surface area (Å²) in [4.78, 5) is 7.33. The zero-order chi connectivity index (χ0) is 22.7. The molecule has 0 N–H and O–H groups in total. The van der Waals surface area contributed by atoms with Gasteiger partial charge in [0.1, 0.15) is 0 Å². The molecule has 35 heavy (non-hydrogen) atoms. The predicted molar refractivity (Wildman–Crippen MR) is 141 cm³/mol. The molecule has 2 heteroatoms. The number of benzene rings is 4. The molecule has 2 aliphatic heterocycles. The number of aromatic nitrogens is 1. The van der Waals surface area contributed by atoms with Gasteiger partial charge in [0.15, 0.2) is 0 Å². The molecule has 0 saturated heterocycles. The molecule has 0 spiro atoms. The van der Waals surface area contributed by atoms with Crippen molar-refractivity contribution in [2.24, 2.45) is 0 Å². The first-order valence-electron chi connectivity index (χ1n) is 12.6. The second-order valence-electron chi connectivity index (χ2n) is 10.3. The van der Waals surface area contributed by atoms with Crippen LogP contribution >= 0.6 is 0 Å². The van der Waals surface area contributed by atoms with Gasteiger partial charge in [-0.1, -0.05) is 60.7 Å². The van der Waals surface area contributed by atoms with Gasteiger partial charge in [0, 0.05) is 24.7 Å². The molecule has 9 rings (SSSR count). The second-order valence-corrected chi connectivity index (χ2v) is 10.3. The third-order valence-corrected chi connectivity index (χ3v) is 8.56. The summed E-state index contributed by atoms with van der Waals surface area (Å²) in [5, 5.41) is 0. The third kappa shape index (κ3) is 2.23. The fraction of sp³-hybridized carbons (Fsp3) is 0.121. The fourth-order valence-electron chi connectivity index (χ4n) is 7.15. The minimum absolute atomic E-state index is 0.906. The highest BCUT2D eigenvalue weighted by Gasteiger charge is 2.37. The Kier molecular flexibility index (Phi) is 3.27. The van der Waals surface area contributed by atoms with E-state index in [0.29, 0.717) is 0 Å². The largest absolute Gasteiger partial charge is 0.308 e. The van der Waals surface area contributed by atoms with Gasteiger partial charge in [0.2, 0.25) is 0 Å². The molecule has 0 amide bonds. The fourth-order valence-corrected chi connectivity index (χ4v) is 7.15. The molecule has 4 aliphatic rings. The number of hydrogen-bond acceptors (Lipinski definition) is 2. The van der Waals surface area contributed by atoms with Crippen LogP contribution in [0.3, 0.4) is 0 Å². The molecule has 0 fully saturated rings. The van der Waals surface area contributed by atoms with Crippen LogP contribution in [0, 0.1) is 0 Å². The summed E-state index contributed by atoms with van der Waals surface area (Å²) in [7, 11) is 0. The van der Waals surface area contributed by atoms with Crippen molar-refractivity contribution in [1.29, 1.82) is 0 Å². The predicted octanol–water partition coefficient (Wildman–Crippen LogP) is 7.50. The lowest BCUT2D eigenvalue weighted by molar-refractivity contribution is 0.961. The molecule has 164 valence electrons. The topological polar surface area (TPSA) is 16.1 Å². The molecular weight excluding hydrogens is 424 g/mol. The lowest BCUT2D eigenvalue weighted by atomic mass is 9.84. The van der Waals surface area contributed by atoms with Crippen LogP contribution in [0.4, 0.5) is 17.1 Å². The van der Waals surface area contributed by atoms with E-state index in [1.54, 1.807) is 0 Å². The Morgan fingerprint density at radius 1 is 0.514 bits per heavy atom. The summed E-state index contributed by atoms with van der Waals surface area (Å²) in [6.07, 6.45) is 5.95. The molecule has 0 bridgehead atoms. The lowest BCUT2D eigenvalue weighted by Gasteiger charge is -2.39. The summed E-state index contributed by atoms with van der Waals surface area (Å²) in [5.41, 5.74) is 21.1. The summed E-state index contributed by atoms with van der Waals surface area (Å²) in [6, 6.07) is 29.6. The Hall–Kier alpha value is -4.17. The Bertz CT molecular complexity index is 1760. The van der Waals surface area contributed by atoms with E-state index in [9.17, 15) is 0 Å². The maximum absolute atomic E-state index is 4.82. The standard InChI is InChI=1S/C33H22N2/c1-3-7-25-19(5-1)15-21-9-10-23-16-22-11-12-29-26(31(22)32(23)30(21)25)17-24-13-14-34-27-18-20-6-2-4-8-28(20)35(29)33(24)27/h1-14H,15-18H2. The van der Waals surface area contributed by atoms with E-state index in [1.165, 1.54) is 84.0 Å². The lowest BCUT2D eigenvalue weighted by Crippen LogP contribution is -2.25. The monoisotopic (exact) mass is 446 g/mol. The van der Waals surface area contributed by atoms with Crippen molar-refractivity contribution in [1.82, 2.24) is 4.98 Å². The van der Waals surface area contributed by atoms with Crippen LogP contribution in [-0.2, 0) is 25.7 Å². The SMILES string of the molecule is c1ccc2c(c1)Cc1ccc3c(c1-2)-c1c(ccc2c1Cc1ccnc4c1N2c1ccccc1C4)C3. The molecule has 0 radical (unpaired) electrons. The molecule has 0 saturated carbocycles. The van der Waals surface area contributed by atoms with E-state index in [4.69, 9.17) is 4.98 Å². The highest BCUT2D eigenvalue weighted by Crippen LogP contribution is 2.56. The Morgan fingerprint density at radius 2 is 1.26 bits per heavy atom. The van der Waals surface area contributed by atoms with Gasteiger partial charge in [0.25, 0.3) is 0 Å². The molecule has 2 nitrogen and oxygen atoms in total. The summed E-state index contributed by atoms with van der Waals surface area (Å²) in [5.74, 6) is 0. The molecule has 3 heterocycles. The maximum atomic E-state index is 4.82. The zero-order valence-electron chi connectivity index (χ0n) is 19.3. The van der Waals surface area contributed by atoms with Gasteiger partial charge in [-0.05, 0) is 92.2 Å². The van der Waals surface area contributed by atoms with E-state index in [2.05, 4.69) is 83.8 Å². The maximum Gasteiger partial charge on any atom is 0.0716 e. The van der Waals surface area contributed by atoms with Crippen LogP contribution in [0.15, 0.2) is 85.1 Å². The average molecular weight is 447 g/mol. The molecule has 5 aromatic rings. The van der Waals surface area contributed by atoms with Crippen molar-refractivity contribution >= 4 is 17.1 Å². The molecule has 0 unspecified atom stereocenters. The van der Waals surface area contributed by atoms with Gasteiger partial charge in [-0.25, -0.2) is 0 Å². The first-order valence-corrected chi connectivity index (χ1v) is 12.6. The van der Waals surface area contributed by atoms with E-state index in [0.717, 1.165) is 25.7 Å². The third-order valence-electron chi connectivity index (χ3n) is 8.56. The van der Waals surface area contributed by atoms with Crippen molar-refractivity contribution in [3.05, 3.63) is 130 Å². The molecule has 4 aromatic carbocycles.